The molecule has 18 aliphatic rings. The molecule has 1 saturated heterocycles. The van der Waals surface area contributed by atoms with E-state index in [4.69, 9.17) is 37.9 Å². The number of ether oxygens (including phenoxy) is 8. The molecule has 0 radical (unpaired) electrons. The molecule has 16 bridgehead atoms. The van der Waals surface area contributed by atoms with Crippen molar-refractivity contribution >= 4 is 41.8 Å². The Kier molecular flexibility index (Phi) is 41.0. The van der Waals surface area contributed by atoms with Crippen LogP contribution in [-0.2, 0) is 71.5 Å². The zero-order valence-electron chi connectivity index (χ0n) is 67.6. The fraction of sp³-hybridized carbons (Fsp3) is 0.928. The second kappa shape index (κ2) is 42.4. The lowest BCUT2D eigenvalue weighted by atomic mass is 9.47. The highest BCUT2D eigenvalue weighted by atomic mass is 16.7. The largest absolute Gasteiger partial charge is 0.463 e. The van der Waals surface area contributed by atoms with E-state index in [0.717, 1.165) is 126 Å². The molecular formula is C97H182O16. The van der Waals surface area contributed by atoms with Crippen LogP contribution in [0.3, 0.4) is 0 Å². The zero-order valence-corrected chi connectivity index (χ0v) is 67.6. The average Bonchev–Trinajstić information content (AvgIpc) is 0.818. The number of esters is 7. The number of rotatable bonds is 21. The zero-order chi connectivity index (χ0) is 75.3. The smallest absolute Gasteiger partial charge is 0.347 e. The lowest BCUT2D eigenvalue weighted by Crippen LogP contribution is -2.63. The molecule has 0 aromatic heterocycles. The van der Waals surface area contributed by atoms with Gasteiger partial charge in [0.1, 0.15) is 22.9 Å². The molecule has 666 valence electrons. The standard InChI is InChI=1S/C28H42O5.C19H32O2.C16H26O3.C14H26O2.C10H16O4.10CH4/c1-4-27(2,3)25(29)33-24-21-10-18-11-22(24)14-28(12-18,13-21)26(30)32-15-31-23-19-6-16-5-17(8-19)9-20(23)7-16;1-6-18(4,5)17(20)21-19(12(2)3)15-8-13-7-14(10-15)11-16(19)9-13;1-4-14(2,3)13(17)19-16-8-11-5-12(9-16)7-15(18,6-11)10-16;1-5-13(3,4)12(15)16-14(6-2)10-8-7-9-11-14;1-4-10(2,3)9(12)14-7-5-6-13-8(7)11;;;;;;;;;;/h16-24H,4-15H2,1-3H3;12-16H,6-11H2,1-5H3;11-12,18H,4-10H2,1-3H3;5-11H2,1-4H3;7H,4-6H2,1-3H3;10*1H4. The van der Waals surface area contributed by atoms with Crippen molar-refractivity contribution in [3.8, 4) is 0 Å². The molecule has 5 unspecified atom stereocenters. The van der Waals surface area contributed by atoms with E-state index in [1.54, 1.807) is 13.8 Å². The molecule has 17 aliphatic carbocycles. The van der Waals surface area contributed by atoms with Gasteiger partial charge in [-0.2, -0.15) is 0 Å². The molecule has 0 spiro atoms. The quantitative estimate of drug-likeness (QED) is 0.0643. The minimum Gasteiger partial charge on any atom is -0.463 e. The molecule has 16 heteroatoms. The first-order chi connectivity index (χ1) is 48.2. The topological polar surface area (TPSA) is 214 Å². The molecule has 0 amide bonds. The van der Waals surface area contributed by atoms with E-state index in [-0.39, 0.29) is 156 Å². The fourth-order valence-corrected chi connectivity index (χ4v) is 22.9. The Labute approximate surface area is 695 Å². The van der Waals surface area contributed by atoms with E-state index < -0.39 is 33.9 Å². The summed E-state index contributed by atoms with van der Waals surface area (Å²) in [6.07, 6.45) is 34.5. The lowest BCUT2D eigenvalue weighted by molar-refractivity contribution is -0.231. The lowest BCUT2D eigenvalue weighted by Gasteiger charge is -2.62. The van der Waals surface area contributed by atoms with E-state index >= 15 is 0 Å². The molecule has 1 N–H and O–H groups in total. The molecule has 17 saturated carbocycles. The monoisotopic (exact) mass is 1600 g/mol. The van der Waals surface area contributed by atoms with Gasteiger partial charge in [0.25, 0.3) is 0 Å². The maximum atomic E-state index is 13.4. The van der Waals surface area contributed by atoms with Crippen LogP contribution in [0.5, 0.6) is 0 Å². The first-order valence-corrected chi connectivity index (χ1v) is 42.0. The third-order valence-electron chi connectivity index (χ3n) is 30.4. The summed E-state index contributed by atoms with van der Waals surface area (Å²) in [4.78, 5) is 86.0. The van der Waals surface area contributed by atoms with Crippen LogP contribution in [0.1, 0.15) is 411 Å². The fourth-order valence-electron chi connectivity index (χ4n) is 22.9. The van der Waals surface area contributed by atoms with Crippen molar-refractivity contribution in [2.45, 2.75) is 451 Å². The van der Waals surface area contributed by atoms with Crippen molar-refractivity contribution in [1.82, 2.24) is 0 Å². The number of carbonyl (C=O) groups excluding carboxylic acids is 7. The minimum absolute atomic E-state index is 0. The van der Waals surface area contributed by atoms with Gasteiger partial charge >= 0.3 is 41.8 Å². The summed E-state index contributed by atoms with van der Waals surface area (Å²) in [5, 5.41) is 10.6. The van der Waals surface area contributed by atoms with Gasteiger partial charge in [-0.15, -0.1) is 0 Å². The van der Waals surface area contributed by atoms with Gasteiger partial charge in [-0.05, 0) is 345 Å². The van der Waals surface area contributed by atoms with Crippen LogP contribution in [0.25, 0.3) is 0 Å². The van der Waals surface area contributed by atoms with Crippen molar-refractivity contribution < 1.29 is 76.6 Å². The van der Waals surface area contributed by atoms with Gasteiger partial charge in [0.05, 0.1) is 50.8 Å². The Bertz CT molecular complexity index is 2900. The summed E-state index contributed by atoms with van der Waals surface area (Å²) in [5.74, 6) is 8.03. The van der Waals surface area contributed by atoms with Crippen molar-refractivity contribution in [3.05, 3.63) is 0 Å². The van der Waals surface area contributed by atoms with Crippen LogP contribution in [0.2, 0.25) is 0 Å². The molecule has 16 nitrogen and oxygen atoms in total. The van der Waals surface area contributed by atoms with Gasteiger partial charge < -0.3 is 43.0 Å². The van der Waals surface area contributed by atoms with Crippen molar-refractivity contribution in [2.75, 3.05) is 13.4 Å². The highest BCUT2D eigenvalue weighted by Gasteiger charge is 2.64. The number of cyclic esters (lactones) is 1. The van der Waals surface area contributed by atoms with Crippen LogP contribution in [-0.4, -0.2) is 101 Å². The summed E-state index contributed by atoms with van der Waals surface area (Å²) in [5.41, 5.74) is -3.68. The van der Waals surface area contributed by atoms with Crippen molar-refractivity contribution in [2.24, 2.45) is 115 Å². The molecule has 0 aromatic rings. The second-order valence-corrected chi connectivity index (χ2v) is 40.2. The SMILES string of the molecule is C.C.C.C.C.C.C.C.C.C.CCC(C)(C)C(=O)OC1(C(C)C)C2CC3CC(C2)CC1C3.CCC(C)(C)C(=O)OC12CC3CC(CC(O)(C3)C1)C2.CCC(C)(C)C(=O)OC1C2CC3CC1CC(C(=O)OCOC1C4CC5CC(C4)CC1C5)(C3)C2.CCC(C)(C)C(=O)OC1CCOC1=O.CCC1(OC(=O)C(C)(C)CC)CCCCC1. The molecular weight excluding hydrogens is 1420 g/mol. The average molecular weight is 1600 g/mol. The van der Waals surface area contributed by atoms with Gasteiger partial charge in [-0.3, -0.25) is 28.8 Å². The number of hydrogen-bond acceptors (Lipinski definition) is 16. The van der Waals surface area contributed by atoms with Crippen LogP contribution < -0.4 is 0 Å². The van der Waals surface area contributed by atoms with Gasteiger partial charge in [0.2, 0.25) is 6.10 Å². The summed E-state index contributed by atoms with van der Waals surface area (Å²) < 4.78 is 46.2. The molecule has 0 aromatic carbocycles. The van der Waals surface area contributed by atoms with Crippen LogP contribution in [0.15, 0.2) is 0 Å². The molecule has 5 atom stereocenters. The second-order valence-electron chi connectivity index (χ2n) is 40.2. The normalized spacial score (nSPS) is 34.6. The minimum atomic E-state index is -0.687. The van der Waals surface area contributed by atoms with Gasteiger partial charge in [-0.25, -0.2) is 4.79 Å². The molecule has 1 heterocycles. The Hall–Kier alpha value is -3.79. The summed E-state index contributed by atoms with van der Waals surface area (Å²) in [6.45, 7) is 36.7. The first-order valence-electron chi connectivity index (χ1n) is 42.0. The van der Waals surface area contributed by atoms with Gasteiger partial charge in [0.15, 0.2) is 6.79 Å². The van der Waals surface area contributed by atoms with E-state index in [2.05, 4.69) is 27.7 Å². The Morgan fingerprint density at radius 3 is 1.23 bits per heavy atom. The Morgan fingerprint density at radius 2 is 0.832 bits per heavy atom. The molecule has 113 heavy (non-hydrogen) atoms. The Morgan fingerprint density at radius 1 is 0.442 bits per heavy atom. The van der Waals surface area contributed by atoms with E-state index in [0.29, 0.717) is 91.2 Å². The summed E-state index contributed by atoms with van der Waals surface area (Å²) >= 11 is 0. The molecule has 18 rings (SSSR count). The van der Waals surface area contributed by atoms with E-state index in [9.17, 15) is 38.7 Å². The number of carbonyl (C=O) groups is 7. The predicted molar refractivity (Wildman–Crippen MR) is 463 cm³/mol. The number of hydrogen-bond donors (Lipinski definition) is 1. The van der Waals surface area contributed by atoms with Crippen LogP contribution in [0, 0.1) is 115 Å². The predicted octanol–water partition coefficient (Wildman–Crippen LogP) is 25.1. The van der Waals surface area contributed by atoms with Gasteiger partial charge in [-0.1, -0.05) is 136 Å². The van der Waals surface area contributed by atoms with Crippen molar-refractivity contribution in [1.29, 1.82) is 0 Å². The van der Waals surface area contributed by atoms with Crippen molar-refractivity contribution in [3.63, 3.8) is 0 Å². The maximum Gasteiger partial charge on any atom is 0.347 e. The highest BCUT2D eigenvalue weighted by molar-refractivity contribution is 5.83. The first kappa shape index (κ1) is 109. The number of aliphatic hydroxyl groups is 1. The maximum absolute atomic E-state index is 13.4. The Balaban J connectivity index is 0.00000141. The van der Waals surface area contributed by atoms with Crippen LogP contribution >= 0.6 is 0 Å². The van der Waals surface area contributed by atoms with Crippen LogP contribution in [0.4, 0.5) is 0 Å². The highest BCUT2D eigenvalue weighted by Crippen LogP contribution is 2.65. The molecule has 18 fully saturated rings. The third kappa shape index (κ3) is 23.9. The summed E-state index contributed by atoms with van der Waals surface area (Å²) in [7, 11) is 0. The molecule has 1 aliphatic heterocycles. The van der Waals surface area contributed by atoms with E-state index in [1.165, 1.54) is 89.9 Å². The van der Waals surface area contributed by atoms with Gasteiger partial charge in [0, 0.05) is 12.8 Å². The third-order valence-corrected chi connectivity index (χ3v) is 30.4. The van der Waals surface area contributed by atoms with E-state index in [1.807, 2.05) is 83.1 Å². The summed E-state index contributed by atoms with van der Waals surface area (Å²) in [6, 6.07) is 0.